The van der Waals surface area contributed by atoms with Gasteiger partial charge in [-0.2, -0.15) is 0 Å². The molecule has 6 heteroatoms. The molecule has 4 aromatic heterocycles. The summed E-state index contributed by atoms with van der Waals surface area (Å²) in [6, 6.07) is 7.98. The number of nitrogens with zero attached hydrogens (tertiary/aromatic N) is 4. The lowest BCUT2D eigenvalue weighted by Crippen LogP contribution is -2.36. The van der Waals surface area contributed by atoms with Gasteiger partial charge in [0, 0.05) is 35.9 Å². The Morgan fingerprint density at radius 2 is 1.74 bits per heavy atom. The number of thiophene rings is 1. The van der Waals surface area contributed by atoms with Gasteiger partial charge in [0.15, 0.2) is 5.65 Å². The number of fused-ring (bicyclic) bond motifs is 1. The van der Waals surface area contributed by atoms with Crippen molar-refractivity contribution in [2.45, 2.75) is 46.6 Å². The third kappa shape index (κ3) is 5.12. The summed E-state index contributed by atoms with van der Waals surface area (Å²) in [7, 11) is 0. The van der Waals surface area contributed by atoms with Gasteiger partial charge in [0.2, 0.25) is 0 Å². The molecule has 158 valence electrons. The summed E-state index contributed by atoms with van der Waals surface area (Å²) in [6.45, 7) is 11.3. The molecule has 0 aromatic carbocycles. The van der Waals surface area contributed by atoms with E-state index in [1.54, 1.807) is 36.1 Å². The van der Waals surface area contributed by atoms with Crippen molar-refractivity contribution in [2.24, 2.45) is 5.41 Å². The average Bonchev–Trinajstić information content (AvgIpc) is 3.30. The fraction of sp³-hybridized carbons (Fsp3) is 0.320. The summed E-state index contributed by atoms with van der Waals surface area (Å²) in [5.41, 5.74) is 2.81. The molecule has 0 spiro atoms. The maximum Gasteiger partial charge on any atom is 0.157 e. The van der Waals surface area contributed by atoms with Gasteiger partial charge in [-0.1, -0.05) is 32.6 Å². The number of rotatable bonds is 4. The number of aromatic nitrogens is 4. The average molecular weight is 430 g/mol. The molecule has 0 saturated heterocycles. The fourth-order valence-corrected chi connectivity index (χ4v) is 4.84. The van der Waals surface area contributed by atoms with Crippen molar-refractivity contribution in [3.63, 3.8) is 0 Å². The molecule has 0 saturated carbocycles. The second kappa shape index (κ2) is 8.16. The molecule has 0 amide bonds. The summed E-state index contributed by atoms with van der Waals surface area (Å²) < 4.78 is 2.08. The molecule has 4 rings (SSSR count). The van der Waals surface area contributed by atoms with E-state index in [9.17, 15) is 0 Å². The SMILES string of the molecule is CC(C)(C)CC(C)(C)Nc1c(-c2ccc(C#Cc3ccncc3)s2)nc2cnccn12. The van der Waals surface area contributed by atoms with Crippen molar-refractivity contribution in [3.8, 4) is 22.4 Å². The zero-order valence-electron chi connectivity index (χ0n) is 18.6. The molecule has 1 N–H and O–H groups in total. The van der Waals surface area contributed by atoms with Gasteiger partial charge >= 0.3 is 0 Å². The molecule has 5 nitrogen and oxygen atoms in total. The Kier molecular flexibility index (Phi) is 5.55. The maximum atomic E-state index is 4.89. The normalized spacial score (nSPS) is 11.9. The predicted molar refractivity (Wildman–Crippen MR) is 128 cm³/mol. The summed E-state index contributed by atoms with van der Waals surface area (Å²) >= 11 is 1.65. The molecule has 4 heterocycles. The van der Waals surface area contributed by atoms with Crippen LogP contribution in [0.3, 0.4) is 0 Å². The lowest BCUT2D eigenvalue weighted by molar-refractivity contribution is 0.302. The molecular formula is C25H27N5S. The van der Waals surface area contributed by atoms with Crippen LogP contribution in [-0.4, -0.2) is 24.9 Å². The summed E-state index contributed by atoms with van der Waals surface area (Å²) in [5, 5.41) is 3.77. The third-order valence-corrected chi connectivity index (χ3v) is 5.72. The highest BCUT2D eigenvalue weighted by molar-refractivity contribution is 7.16. The lowest BCUT2D eigenvalue weighted by Gasteiger charge is -2.34. The van der Waals surface area contributed by atoms with E-state index in [-0.39, 0.29) is 11.0 Å². The first kappa shape index (κ1) is 21.1. The first-order valence-electron chi connectivity index (χ1n) is 10.3. The predicted octanol–water partition coefficient (Wildman–Crippen LogP) is 5.88. The van der Waals surface area contributed by atoms with Gasteiger partial charge in [0.25, 0.3) is 0 Å². The van der Waals surface area contributed by atoms with Crippen LogP contribution in [0.5, 0.6) is 0 Å². The van der Waals surface area contributed by atoms with Crippen LogP contribution in [0.2, 0.25) is 0 Å². The summed E-state index contributed by atoms with van der Waals surface area (Å²) in [6.07, 6.45) is 10.1. The van der Waals surface area contributed by atoms with Gasteiger partial charge in [0.05, 0.1) is 16.0 Å². The molecule has 0 radical (unpaired) electrons. The zero-order chi connectivity index (χ0) is 22.1. The molecule has 0 unspecified atom stereocenters. The van der Waals surface area contributed by atoms with E-state index in [0.29, 0.717) is 0 Å². The van der Waals surface area contributed by atoms with Gasteiger partial charge in [-0.25, -0.2) is 4.98 Å². The number of anilines is 1. The fourth-order valence-electron chi connectivity index (χ4n) is 3.99. The van der Waals surface area contributed by atoms with Crippen LogP contribution in [0, 0.1) is 17.3 Å². The zero-order valence-corrected chi connectivity index (χ0v) is 19.4. The van der Waals surface area contributed by atoms with Crippen LogP contribution < -0.4 is 5.32 Å². The van der Waals surface area contributed by atoms with Crippen molar-refractivity contribution < 1.29 is 0 Å². The van der Waals surface area contributed by atoms with Gasteiger partial charge in [-0.3, -0.25) is 14.4 Å². The number of nitrogens with one attached hydrogen (secondary N) is 1. The highest BCUT2D eigenvalue weighted by Gasteiger charge is 2.28. The van der Waals surface area contributed by atoms with Gasteiger partial charge in [0.1, 0.15) is 11.5 Å². The largest absolute Gasteiger partial charge is 0.364 e. The van der Waals surface area contributed by atoms with E-state index < -0.39 is 0 Å². The third-order valence-electron chi connectivity index (χ3n) is 4.71. The van der Waals surface area contributed by atoms with E-state index in [4.69, 9.17) is 4.98 Å². The lowest BCUT2D eigenvalue weighted by atomic mass is 9.82. The molecule has 0 bridgehead atoms. The molecular weight excluding hydrogens is 402 g/mol. The Morgan fingerprint density at radius 1 is 0.968 bits per heavy atom. The molecule has 4 aromatic rings. The number of hydrogen-bond acceptors (Lipinski definition) is 5. The van der Waals surface area contributed by atoms with E-state index in [1.165, 1.54) is 0 Å². The Labute approximate surface area is 187 Å². The Morgan fingerprint density at radius 3 is 2.48 bits per heavy atom. The minimum atomic E-state index is -0.104. The first-order valence-corrected chi connectivity index (χ1v) is 11.1. The van der Waals surface area contributed by atoms with Crippen molar-refractivity contribution >= 4 is 22.8 Å². The van der Waals surface area contributed by atoms with E-state index in [1.807, 2.05) is 18.3 Å². The van der Waals surface area contributed by atoms with Crippen LogP contribution in [0.15, 0.2) is 55.2 Å². The topological polar surface area (TPSA) is 55.1 Å². The second-order valence-electron chi connectivity index (χ2n) is 9.51. The van der Waals surface area contributed by atoms with Crippen LogP contribution in [0.4, 0.5) is 5.82 Å². The quantitative estimate of drug-likeness (QED) is 0.412. The van der Waals surface area contributed by atoms with Gasteiger partial charge in [-0.15, -0.1) is 11.3 Å². The number of hydrogen-bond donors (Lipinski definition) is 1. The van der Waals surface area contributed by atoms with Crippen LogP contribution in [0.25, 0.3) is 16.2 Å². The van der Waals surface area contributed by atoms with E-state index in [2.05, 4.69) is 78.3 Å². The molecule has 0 atom stereocenters. The van der Waals surface area contributed by atoms with E-state index in [0.717, 1.165) is 38.9 Å². The van der Waals surface area contributed by atoms with Crippen molar-refractivity contribution in [1.29, 1.82) is 0 Å². The molecule has 31 heavy (non-hydrogen) atoms. The Hall–Kier alpha value is -3.17. The molecule has 0 aliphatic carbocycles. The van der Waals surface area contributed by atoms with Gasteiger partial charge < -0.3 is 5.32 Å². The van der Waals surface area contributed by atoms with Crippen LogP contribution >= 0.6 is 11.3 Å². The first-order chi connectivity index (χ1) is 14.7. The summed E-state index contributed by atoms with van der Waals surface area (Å²) in [4.78, 5) is 15.3. The number of imidazole rings is 1. The monoisotopic (exact) mass is 429 g/mol. The number of pyridine rings is 1. The minimum Gasteiger partial charge on any atom is -0.364 e. The van der Waals surface area contributed by atoms with Crippen molar-refractivity contribution in [2.75, 3.05) is 5.32 Å². The Balaban J connectivity index is 1.71. The highest BCUT2D eigenvalue weighted by atomic mass is 32.1. The summed E-state index contributed by atoms with van der Waals surface area (Å²) in [5.74, 6) is 7.45. The smallest absolute Gasteiger partial charge is 0.157 e. The molecule has 0 aliphatic rings. The van der Waals surface area contributed by atoms with E-state index >= 15 is 0 Å². The molecule has 0 fully saturated rings. The second-order valence-corrected chi connectivity index (χ2v) is 10.6. The maximum absolute atomic E-state index is 4.89. The Bertz CT molecular complexity index is 1250. The molecule has 0 aliphatic heterocycles. The van der Waals surface area contributed by atoms with Crippen molar-refractivity contribution in [1.82, 2.24) is 19.4 Å². The highest BCUT2D eigenvalue weighted by Crippen LogP contribution is 2.37. The van der Waals surface area contributed by atoms with Crippen LogP contribution in [-0.2, 0) is 0 Å². The van der Waals surface area contributed by atoms with Gasteiger partial charge in [-0.05, 0) is 49.9 Å². The standard InChI is InChI=1S/C25H27N5S/c1-24(2,3)17-25(4,5)29-23-22(28-21-16-27-14-15-30(21)23)20-9-8-19(31-20)7-6-18-10-12-26-13-11-18/h8-16,29H,17H2,1-5H3. The minimum absolute atomic E-state index is 0.104. The van der Waals surface area contributed by atoms with Crippen LogP contribution in [0.1, 0.15) is 51.5 Å². The van der Waals surface area contributed by atoms with Crippen molar-refractivity contribution in [3.05, 3.63) is 65.7 Å².